The van der Waals surface area contributed by atoms with Gasteiger partial charge in [0, 0.05) is 18.1 Å². The lowest BCUT2D eigenvalue weighted by atomic mass is 9.78. The van der Waals surface area contributed by atoms with Crippen LogP contribution in [0.4, 0.5) is 0 Å². The molecule has 2 rings (SSSR count). The highest BCUT2D eigenvalue weighted by Gasteiger charge is 2.36. The lowest BCUT2D eigenvalue weighted by Crippen LogP contribution is -2.57. The summed E-state index contributed by atoms with van der Waals surface area (Å²) < 4.78 is 0. The number of piperidine rings is 1. The van der Waals surface area contributed by atoms with E-state index in [1.165, 1.54) is 51.5 Å². The summed E-state index contributed by atoms with van der Waals surface area (Å²) in [4.78, 5) is 2.84. The Morgan fingerprint density at radius 1 is 1.11 bits per heavy atom. The smallest absolute Gasteiger partial charge is 0.0254 e. The van der Waals surface area contributed by atoms with Gasteiger partial charge in [-0.2, -0.15) is 0 Å². The van der Waals surface area contributed by atoms with Gasteiger partial charge < -0.3 is 5.32 Å². The van der Waals surface area contributed by atoms with Crippen molar-refractivity contribution in [1.82, 2.24) is 10.2 Å². The maximum absolute atomic E-state index is 3.60. The lowest BCUT2D eigenvalue weighted by Gasteiger charge is -2.48. The Morgan fingerprint density at radius 3 is 2.53 bits per heavy atom. The molecule has 2 nitrogen and oxygen atoms in total. The van der Waals surface area contributed by atoms with Gasteiger partial charge >= 0.3 is 0 Å². The van der Waals surface area contributed by atoms with Crippen molar-refractivity contribution in [3.63, 3.8) is 0 Å². The number of nitrogens with zero attached hydrogens (tertiary/aromatic N) is 1. The fraction of sp³-hybridized carbons (Fsp3) is 1.00. The predicted molar refractivity (Wildman–Crippen MR) is 83.5 cm³/mol. The summed E-state index contributed by atoms with van der Waals surface area (Å²) in [6, 6.07) is 2.30. The van der Waals surface area contributed by atoms with Gasteiger partial charge in [-0.3, -0.25) is 4.90 Å². The molecule has 0 radical (unpaired) electrons. The van der Waals surface area contributed by atoms with E-state index in [1.54, 1.807) is 0 Å². The Morgan fingerprint density at radius 2 is 1.89 bits per heavy atom. The van der Waals surface area contributed by atoms with E-state index < -0.39 is 0 Å². The third kappa shape index (κ3) is 3.72. The van der Waals surface area contributed by atoms with Crippen molar-refractivity contribution < 1.29 is 0 Å². The third-order valence-electron chi connectivity index (χ3n) is 5.61. The Hall–Kier alpha value is -0.0800. The summed E-state index contributed by atoms with van der Waals surface area (Å²) in [5, 5.41) is 3.60. The highest BCUT2D eigenvalue weighted by molar-refractivity contribution is 4.94. The summed E-state index contributed by atoms with van der Waals surface area (Å²) in [6.45, 7) is 8.53. The summed E-state index contributed by atoms with van der Waals surface area (Å²) in [5.41, 5.74) is 0. The molecule has 0 amide bonds. The Balaban J connectivity index is 2.00. The second-order valence-corrected chi connectivity index (χ2v) is 7.15. The summed E-state index contributed by atoms with van der Waals surface area (Å²) in [6.07, 6.45) is 9.83. The van der Waals surface area contributed by atoms with E-state index in [0.717, 1.165) is 30.0 Å². The normalized spacial score (nSPS) is 41.4. The van der Waals surface area contributed by atoms with E-state index >= 15 is 0 Å². The topological polar surface area (TPSA) is 15.3 Å². The first kappa shape index (κ1) is 15.3. The molecule has 0 aromatic carbocycles. The molecule has 19 heavy (non-hydrogen) atoms. The molecule has 1 N–H and O–H groups in total. The Bertz CT molecular complexity index is 266. The molecular formula is C17H34N2. The van der Waals surface area contributed by atoms with Gasteiger partial charge in [-0.1, -0.05) is 26.7 Å². The van der Waals surface area contributed by atoms with Crippen LogP contribution in [0.25, 0.3) is 0 Å². The van der Waals surface area contributed by atoms with E-state index in [1.807, 2.05) is 0 Å². The van der Waals surface area contributed by atoms with Gasteiger partial charge in [-0.15, -0.1) is 0 Å². The number of hydrogen-bond acceptors (Lipinski definition) is 2. The molecule has 1 heterocycles. The fourth-order valence-corrected chi connectivity index (χ4v) is 4.52. The van der Waals surface area contributed by atoms with Crippen molar-refractivity contribution in [3.05, 3.63) is 0 Å². The molecule has 2 fully saturated rings. The minimum atomic E-state index is 0.726. The van der Waals surface area contributed by atoms with Crippen LogP contribution in [0.1, 0.15) is 65.7 Å². The largest absolute Gasteiger partial charge is 0.315 e. The molecular weight excluding hydrogens is 232 g/mol. The maximum Gasteiger partial charge on any atom is 0.0254 e. The molecule has 0 bridgehead atoms. The highest BCUT2D eigenvalue weighted by Crippen LogP contribution is 2.34. The standard InChI is InChI=1S/C17H34N2/c1-5-6-15-7-8-16(18-4)17(12-15)19-10-9-13(2)11-14(19)3/h13-18H,5-12H2,1-4H3. The van der Waals surface area contributed by atoms with Crippen LogP contribution in [0, 0.1) is 11.8 Å². The molecule has 5 atom stereocenters. The SMILES string of the molecule is CCCC1CCC(NC)C(N2CCC(C)CC2C)C1. The Labute approximate surface area is 120 Å². The average molecular weight is 266 g/mol. The van der Waals surface area contributed by atoms with Crippen LogP contribution in [0.15, 0.2) is 0 Å². The van der Waals surface area contributed by atoms with Gasteiger partial charge in [-0.05, 0) is 64.5 Å². The molecule has 112 valence electrons. The minimum absolute atomic E-state index is 0.726. The first-order valence-electron chi connectivity index (χ1n) is 8.58. The van der Waals surface area contributed by atoms with Gasteiger partial charge in [0.15, 0.2) is 0 Å². The maximum atomic E-state index is 3.60. The van der Waals surface area contributed by atoms with Crippen molar-refractivity contribution in [2.45, 2.75) is 83.8 Å². The molecule has 1 saturated carbocycles. The number of nitrogens with one attached hydrogen (secondary N) is 1. The van der Waals surface area contributed by atoms with Gasteiger partial charge in [0.25, 0.3) is 0 Å². The zero-order chi connectivity index (χ0) is 13.8. The number of rotatable bonds is 4. The number of likely N-dealkylation sites (tertiary alicyclic amines) is 1. The zero-order valence-electron chi connectivity index (χ0n) is 13.5. The Kier molecular flexibility index (Phi) is 5.70. The van der Waals surface area contributed by atoms with Gasteiger partial charge in [-0.25, -0.2) is 0 Å². The summed E-state index contributed by atoms with van der Waals surface area (Å²) >= 11 is 0. The molecule has 1 saturated heterocycles. The molecule has 0 aromatic heterocycles. The van der Waals surface area contributed by atoms with E-state index in [9.17, 15) is 0 Å². The van der Waals surface area contributed by atoms with Crippen molar-refractivity contribution in [2.75, 3.05) is 13.6 Å². The van der Waals surface area contributed by atoms with Crippen LogP contribution in [-0.2, 0) is 0 Å². The van der Waals surface area contributed by atoms with E-state index in [2.05, 4.69) is 38.0 Å². The van der Waals surface area contributed by atoms with Crippen molar-refractivity contribution in [3.8, 4) is 0 Å². The molecule has 1 aliphatic carbocycles. The van der Waals surface area contributed by atoms with Crippen LogP contribution in [0.3, 0.4) is 0 Å². The molecule has 0 spiro atoms. The van der Waals surface area contributed by atoms with Crippen LogP contribution in [-0.4, -0.2) is 36.6 Å². The summed E-state index contributed by atoms with van der Waals surface area (Å²) in [7, 11) is 2.16. The van der Waals surface area contributed by atoms with Gasteiger partial charge in [0.05, 0.1) is 0 Å². The molecule has 0 aromatic rings. The second-order valence-electron chi connectivity index (χ2n) is 7.15. The van der Waals surface area contributed by atoms with Crippen LogP contribution in [0.2, 0.25) is 0 Å². The zero-order valence-corrected chi connectivity index (χ0v) is 13.5. The van der Waals surface area contributed by atoms with E-state index in [-0.39, 0.29) is 0 Å². The van der Waals surface area contributed by atoms with Crippen LogP contribution in [0.5, 0.6) is 0 Å². The molecule has 1 aliphatic heterocycles. The first-order valence-corrected chi connectivity index (χ1v) is 8.58. The van der Waals surface area contributed by atoms with Crippen molar-refractivity contribution in [2.24, 2.45) is 11.8 Å². The third-order valence-corrected chi connectivity index (χ3v) is 5.61. The average Bonchev–Trinajstić information content (AvgIpc) is 2.39. The van der Waals surface area contributed by atoms with Crippen LogP contribution < -0.4 is 5.32 Å². The van der Waals surface area contributed by atoms with Gasteiger partial charge in [0.2, 0.25) is 0 Å². The first-order chi connectivity index (χ1) is 9.15. The highest BCUT2D eigenvalue weighted by atomic mass is 15.2. The molecule has 2 heteroatoms. The van der Waals surface area contributed by atoms with Crippen molar-refractivity contribution in [1.29, 1.82) is 0 Å². The molecule has 5 unspecified atom stereocenters. The summed E-state index contributed by atoms with van der Waals surface area (Å²) in [5.74, 6) is 1.90. The van der Waals surface area contributed by atoms with Crippen LogP contribution >= 0.6 is 0 Å². The van der Waals surface area contributed by atoms with E-state index in [0.29, 0.717) is 0 Å². The monoisotopic (exact) mass is 266 g/mol. The quantitative estimate of drug-likeness (QED) is 0.835. The second kappa shape index (κ2) is 7.08. The number of likely N-dealkylation sites (N-methyl/N-ethyl adjacent to an activating group) is 1. The van der Waals surface area contributed by atoms with E-state index in [4.69, 9.17) is 0 Å². The predicted octanol–water partition coefficient (Wildman–Crippen LogP) is 3.66. The fourth-order valence-electron chi connectivity index (χ4n) is 4.52. The molecule has 2 aliphatic rings. The lowest BCUT2D eigenvalue weighted by molar-refractivity contribution is 0.0307. The van der Waals surface area contributed by atoms with Crippen molar-refractivity contribution >= 4 is 0 Å². The minimum Gasteiger partial charge on any atom is -0.315 e. The van der Waals surface area contributed by atoms with Gasteiger partial charge in [0.1, 0.15) is 0 Å². The number of hydrogen-bond donors (Lipinski definition) is 1.